The molecule has 4 rings (SSSR count). The number of Topliss-reactive ketones (excluding diaryl/α,β-unsaturated/α-hetero) is 1. The van der Waals surface area contributed by atoms with Gasteiger partial charge in [0.25, 0.3) is 0 Å². The van der Waals surface area contributed by atoms with Crippen LogP contribution in [0, 0.1) is 15.9 Å². The van der Waals surface area contributed by atoms with E-state index in [4.69, 9.17) is 0 Å². The van der Waals surface area contributed by atoms with Gasteiger partial charge in [-0.05, 0) is 43.3 Å². The van der Waals surface area contributed by atoms with E-state index in [2.05, 4.69) is 20.2 Å². The molecule has 1 saturated heterocycles. The Labute approximate surface area is 183 Å². The first kappa shape index (κ1) is 21.2. The topological polar surface area (TPSA) is 104 Å². The average molecular weight is 436 g/mol. The van der Waals surface area contributed by atoms with E-state index in [1.165, 1.54) is 25.4 Å². The zero-order valence-electron chi connectivity index (χ0n) is 17.4. The Morgan fingerprint density at radius 3 is 2.41 bits per heavy atom. The van der Waals surface area contributed by atoms with Gasteiger partial charge in [0.05, 0.1) is 4.92 Å². The van der Waals surface area contributed by atoms with Crippen molar-refractivity contribution in [2.24, 2.45) is 0 Å². The average Bonchev–Trinajstić information content (AvgIpc) is 2.79. The minimum atomic E-state index is -0.501. The summed E-state index contributed by atoms with van der Waals surface area (Å²) in [6.45, 7) is 3.69. The molecule has 0 amide bonds. The molecule has 9 nitrogen and oxygen atoms in total. The SMILES string of the molecule is CC(=O)c1cccc(Nc2ncnc(N3CCN(c4ccc(F)cc4)CC3)c2[N+](=O)[O-])c1. The van der Waals surface area contributed by atoms with Crippen molar-refractivity contribution in [3.05, 3.63) is 76.4 Å². The summed E-state index contributed by atoms with van der Waals surface area (Å²) in [6.07, 6.45) is 1.28. The molecule has 0 radical (unpaired) electrons. The number of benzene rings is 2. The molecule has 1 aliphatic heterocycles. The lowest BCUT2D eigenvalue weighted by molar-refractivity contribution is -0.383. The number of piperazine rings is 1. The highest BCUT2D eigenvalue weighted by Gasteiger charge is 2.29. The normalized spacial score (nSPS) is 13.7. The van der Waals surface area contributed by atoms with Crippen LogP contribution in [-0.2, 0) is 0 Å². The van der Waals surface area contributed by atoms with Crippen molar-refractivity contribution in [2.75, 3.05) is 41.3 Å². The van der Waals surface area contributed by atoms with E-state index in [-0.39, 0.29) is 28.9 Å². The van der Waals surface area contributed by atoms with Crippen LogP contribution in [0.1, 0.15) is 17.3 Å². The number of nitrogens with zero attached hydrogens (tertiary/aromatic N) is 5. The number of nitrogens with one attached hydrogen (secondary N) is 1. The molecule has 32 heavy (non-hydrogen) atoms. The van der Waals surface area contributed by atoms with Gasteiger partial charge in [0, 0.05) is 43.1 Å². The van der Waals surface area contributed by atoms with Crippen molar-refractivity contribution in [2.45, 2.75) is 6.92 Å². The number of ketones is 1. The third-order valence-corrected chi connectivity index (χ3v) is 5.29. The van der Waals surface area contributed by atoms with Gasteiger partial charge in [-0.2, -0.15) is 0 Å². The fraction of sp³-hybridized carbons (Fsp3) is 0.227. The van der Waals surface area contributed by atoms with Crippen LogP contribution in [-0.4, -0.2) is 46.9 Å². The molecule has 1 N–H and O–H groups in total. The number of hydrogen-bond donors (Lipinski definition) is 1. The fourth-order valence-corrected chi connectivity index (χ4v) is 3.64. The molecule has 0 atom stereocenters. The number of aromatic nitrogens is 2. The van der Waals surface area contributed by atoms with E-state index in [9.17, 15) is 19.3 Å². The van der Waals surface area contributed by atoms with E-state index in [1.807, 2.05) is 4.90 Å². The number of rotatable bonds is 6. The number of nitro groups is 1. The van der Waals surface area contributed by atoms with Crippen LogP contribution in [0.15, 0.2) is 54.9 Å². The Morgan fingerprint density at radius 2 is 1.75 bits per heavy atom. The highest BCUT2D eigenvalue weighted by molar-refractivity contribution is 5.95. The third kappa shape index (κ3) is 4.48. The van der Waals surface area contributed by atoms with Gasteiger partial charge in [0.1, 0.15) is 12.1 Å². The summed E-state index contributed by atoms with van der Waals surface area (Å²) in [5.74, 6) is -0.112. The van der Waals surface area contributed by atoms with E-state index >= 15 is 0 Å². The minimum absolute atomic E-state index is 0.0571. The van der Waals surface area contributed by atoms with E-state index in [0.717, 1.165) is 5.69 Å². The summed E-state index contributed by atoms with van der Waals surface area (Å²) in [6, 6.07) is 13.0. The molecule has 1 aliphatic rings. The molecular weight excluding hydrogens is 415 g/mol. The van der Waals surface area contributed by atoms with Gasteiger partial charge >= 0.3 is 5.69 Å². The zero-order chi connectivity index (χ0) is 22.7. The van der Waals surface area contributed by atoms with Crippen molar-refractivity contribution in [1.82, 2.24) is 9.97 Å². The van der Waals surface area contributed by atoms with Gasteiger partial charge in [0.2, 0.25) is 11.6 Å². The smallest absolute Gasteiger partial charge is 0.353 e. The third-order valence-electron chi connectivity index (χ3n) is 5.29. The van der Waals surface area contributed by atoms with Crippen molar-refractivity contribution in [3.8, 4) is 0 Å². The molecule has 0 bridgehead atoms. The maximum absolute atomic E-state index is 13.2. The standard InChI is InChI=1S/C22H21FN6O3/c1-15(30)16-3-2-4-18(13-16)26-21-20(29(31)32)22(25-14-24-21)28-11-9-27(10-12-28)19-7-5-17(23)6-8-19/h2-8,13-14H,9-12H2,1H3,(H,24,25,26). The van der Waals surface area contributed by atoms with Gasteiger partial charge in [-0.1, -0.05) is 12.1 Å². The van der Waals surface area contributed by atoms with Gasteiger partial charge in [-0.3, -0.25) is 14.9 Å². The largest absolute Gasteiger partial charge is 0.368 e. The molecule has 3 aromatic rings. The Bertz CT molecular complexity index is 1150. The maximum atomic E-state index is 13.2. The van der Waals surface area contributed by atoms with E-state index < -0.39 is 4.92 Å². The Hall–Kier alpha value is -4.08. The summed E-state index contributed by atoms with van der Waals surface area (Å²) >= 11 is 0. The molecule has 0 saturated carbocycles. The first-order valence-corrected chi connectivity index (χ1v) is 10.1. The van der Waals surface area contributed by atoms with E-state index in [0.29, 0.717) is 37.4 Å². The molecule has 2 aromatic carbocycles. The van der Waals surface area contributed by atoms with Gasteiger partial charge in [0.15, 0.2) is 5.78 Å². The lowest BCUT2D eigenvalue weighted by Crippen LogP contribution is -2.47. The second kappa shape index (κ2) is 8.96. The quantitative estimate of drug-likeness (QED) is 0.354. The van der Waals surface area contributed by atoms with Gasteiger partial charge in [-0.25, -0.2) is 14.4 Å². The lowest BCUT2D eigenvalue weighted by atomic mass is 10.1. The Balaban J connectivity index is 1.56. The minimum Gasteiger partial charge on any atom is -0.368 e. The van der Waals surface area contributed by atoms with Gasteiger partial charge < -0.3 is 15.1 Å². The summed E-state index contributed by atoms with van der Waals surface area (Å²) in [7, 11) is 0. The number of hydrogen-bond acceptors (Lipinski definition) is 8. The predicted octanol–water partition coefficient (Wildman–Crippen LogP) is 3.80. The highest BCUT2D eigenvalue weighted by Crippen LogP contribution is 2.34. The molecule has 2 heterocycles. The number of carbonyl (C=O) groups excluding carboxylic acids is 1. The van der Waals surface area contributed by atoms with Crippen LogP contribution in [0.25, 0.3) is 0 Å². The van der Waals surface area contributed by atoms with Crippen LogP contribution in [0.5, 0.6) is 0 Å². The Morgan fingerprint density at radius 1 is 1.06 bits per heavy atom. The molecular formula is C22H21FN6O3. The second-order valence-corrected chi connectivity index (χ2v) is 7.36. The molecule has 164 valence electrons. The van der Waals surface area contributed by atoms with Crippen molar-refractivity contribution >= 4 is 34.5 Å². The summed E-state index contributed by atoms with van der Waals surface area (Å²) in [4.78, 5) is 35.3. The van der Waals surface area contributed by atoms with Crippen LogP contribution in [0.3, 0.4) is 0 Å². The zero-order valence-corrected chi connectivity index (χ0v) is 17.4. The molecule has 0 spiro atoms. The van der Waals surface area contributed by atoms with Crippen LogP contribution in [0.2, 0.25) is 0 Å². The molecule has 1 fully saturated rings. The highest BCUT2D eigenvalue weighted by atomic mass is 19.1. The summed E-state index contributed by atoms with van der Waals surface area (Å²) in [5, 5.41) is 14.9. The predicted molar refractivity (Wildman–Crippen MR) is 119 cm³/mol. The molecule has 0 unspecified atom stereocenters. The van der Waals surface area contributed by atoms with Crippen molar-refractivity contribution in [3.63, 3.8) is 0 Å². The maximum Gasteiger partial charge on any atom is 0.353 e. The monoisotopic (exact) mass is 436 g/mol. The lowest BCUT2D eigenvalue weighted by Gasteiger charge is -2.36. The molecule has 10 heteroatoms. The van der Waals surface area contributed by atoms with Gasteiger partial charge in [-0.15, -0.1) is 0 Å². The van der Waals surface area contributed by atoms with Crippen LogP contribution >= 0.6 is 0 Å². The molecule has 0 aliphatic carbocycles. The van der Waals surface area contributed by atoms with Crippen molar-refractivity contribution in [1.29, 1.82) is 0 Å². The number of anilines is 4. The van der Waals surface area contributed by atoms with Crippen LogP contribution in [0.4, 0.5) is 33.1 Å². The second-order valence-electron chi connectivity index (χ2n) is 7.36. The number of carbonyl (C=O) groups is 1. The molecule has 1 aromatic heterocycles. The summed E-state index contributed by atoms with van der Waals surface area (Å²) in [5.41, 5.74) is 1.68. The van der Waals surface area contributed by atoms with Crippen molar-refractivity contribution < 1.29 is 14.1 Å². The first-order valence-electron chi connectivity index (χ1n) is 10.1. The number of halogens is 1. The van der Waals surface area contributed by atoms with E-state index in [1.54, 1.807) is 36.4 Å². The first-order chi connectivity index (χ1) is 15.4. The fourth-order valence-electron chi connectivity index (χ4n) is 3.64. The van der Waals surface area contributed by atoms with Crippen LogP contribution < -0.4 is 15.1 Å². The summed E-state index contributed by atoms with van der Waals surface area (Å²) < 4.78 is 13.2. The Kier molecular flexibility index (Phi) is 5.93.